The Morgan fingerprint density at radius 2 is 0.952 bits per heavy atom. The van der Waals surface area contributed by atoms with Crippen molar-refractivity contribution in [2.45, 2.75) is 111 Å². The molecule has 0 nitrogen and oxygen atoms in total. The molecule has 0 aliphatic carbocycles. The van der Waals surface area contributed by atoms with Crippen molar-refractivity contribution in [2.24, 2.45) is 0 Å². The largest absolute Gasteiger partial charge is 0.0824 e. The molecule has 21 heavy (non-hydrogen) atoms. The van der Waals surface area contributed by atoms with Crippen molar-refractivity contribution in [3.8, 4) is 0 Å². The standard InChI is InChI=1S/C17H41P3Si/c1-14(2)18(15(3)4)20(21(11,12)13)19(16(5,6)7)17(8,9)10/h14-15H,1-13H3. The lowest BCUT2D eigenvalue weighted by Crippen LogP contribution is -2.30. The molecule has 0 aromatic heterocycles. The molecule has 0 saturated carbocycles. The molecule has 0 heterocycles. The molecule has 1 unspecified atom stereocenters. The van der Waals surface area contributed by atoms with E-state index in [1.54, 1.807) is 0 Å². The molecular weight excluding hydrogens is 325 g/mol. The molecule has 0 amide bonds. The molecule has 0 saturated heterocycles. The van der Waals surface area contributed by atoms with Crippen LogP contribution in [0.4, 0.5) is 0 Å². The van der Waals surface area contributed by atoms with Crippen molar-refractivity contribution in [1.82, 2.24) is 0 Å². The molecule has 1 atom stereocenters. The summed E-state index contributed by atoms with van der Waals surface area (Å²) in [6.45, 7) is 33.3. The van der Waals surface area contributed by atoms with E-state index < -0.39 is 7.74 Å². The summed E-state index contributed by atoms with van der Waals surface area (Å²) in [5.74, 6) is 0. The van der Waals surface area contributed by atoms with Crippen LogP contribution >= 0.6 is 22.1 Å². The predicted molar refractivity (Wildman–Crippen MR) is 114 cm³/mol. The van der Waals surface area contributed by atoms with Crippen LogP contribution in [0.1, 0.15) is 69.2 Å². The summed E-state index contributed by atoms with van der Waals surface area (Å²) in [4.78, 5) is 0. The second kappa shape index (κ2) is 7.60. The summed E-state index contributed by atoms with van der Waals surface area (Å²) in [7, 11) is -0.921. The quantitative estimate of drug-likeness (QED) is 0.338. The first-order valence-corrected chi connectivity index (χ1v) is 18.3. The van der Waals surface area contributed by atoms with Crippen molar-refractivity contribution in [2.75, 3.05) is 0 Å². The predicted octanol–water partition coefficient (Wildman–Crippen LogP) is 8.51. The van der Waals surface area contributed by atoms with Gasteiger partial charge in [-0.3, -0.25) is 0 Å². The summed E-state index contributed by atoms with van der Waals surface area (Å²) < 4.78 is 0. The lowest BCUT2D eigenvalue weighted by Gasteiger charge is -2.55. The normalized spacial score (nSPS) is 16.4. The van der Waals surface area contributed by atoms with Gasteiger partial charge in [0, 0.05) is 0 Å². The minimum absolute atomic E-state index is 0.0568. The maximum atomic E-state index is 2.66. The molecule has 0 aromatic rings. The molecule has 0 aliphatic rings. The molecule has 0 N–H and O–H groups in total. The van der Waals surface area contributed by atoms with Gasteiger partial charge in [0.05, 0.1) is 7.74 Å². The zero-order valence-corrected chi connectivity index (χ0v) is 20.7. The number of hydrogen-bond acceptors (Lipinski definition) is 0. The van der Waals surface area contributed by atoms with Crippen LogP contribution < -0.4 is 0 Å². The Morgan fingerprint density at radius 3 is 1.10 bits per heavy atom. The molecule has 0 aliphatic heterocycles. The zero-order valence-electron chi connectivity index (χ0n) is 17.0. The smallest absolute Gasteiger partial charge is 0.0754 e. The Hall–Kier alpha value is 1.51. The van der Waals surface area contributed by atoms with Gasteiger partial charge in [0.1, 0.15) is 0 Å². The van der Waals surface area contributed by atoms with Crippen LogP contribution in [0.5, 0.6) is 0 Å². The fourth-order valence-corrected chi connectivity index (χ4v) is 52.2. The van der Waals surface area contributed by atoms with Gasteiger partial charge in [-0.25, -0.2) is 0 Å². The number of rotatable bonds is 5. The van der Waals surface area contributed by atoms with Gasteiger partial charge < -0.3 is 0 Å². The third-order valence-corrected chi connectivity index (χ3v) is 40.6. The Bertz CT molecular complexity index is 296. The molecule has 0 fully saturated rings. The van der Waals surface area contributed by atoms with Crippen molar-refractivity contribution >= 4 is 29.8 Å². The molecule has 0 rings (SSSR count). The van der Waals surface area contributed by atoms with E-state index in [0.29, 0.717) is 10.3 Å². The first-order valence-electron chi connectivity index (χ1n) is 8.40. The summed E-state index contributed by atoms with van der Waals surface area (Å²) in [5.41, 5.74) is 1.76. The molecule has 128 valence electrons. The Kier molecular flexibility index (Phi) is 8.14. The average Bonchev–Trinajstić information content (AvgIpc) is 2.08. The highest BCUT2D eigenvalue weighted by molar-refractivity contribution is 8.72. The van der Waals surface area contributed by atoms with Gasteiger partial charge in [-0.2, -0.15) is 0 Å². The molecule has 0 radical (unpaired) electrons. The van der Waals surface area contributed by atoms with Crippen LogP contribution in [-0.4, -0.2) is 29.4 Å². The molecule has 0 bridgehead atoms. The maximum Gasteiger partial charge on any atom is 0.0824 e. The van der Waals surface area contributed by atoms with Crippen LogP contribution in [0.2, 0.25) is 19.6 Å². The van der Waals surface area contributed by atoms with E-state index in [2.05, 4.69) is 88.9 Å². The van der Waals surface area contributed by atoms with E-state index in [1.165, 1.54) is 0 Å². The van der Waals surface area contributed by atoms with Crippen LogP contribution in [0.15, 0.2) is 0 Å². The highest BCUT2D eigenvalue weighted by Crippen LogP contribution is 2.97. The molecule has 0 aromatic carbocycles. The van der Waals surface area contributed by atoms with E-state index in [1.807, 2.05) is 0 Å². The Labute approximate surface area is 140 Å². The summed E-state index contributed by atoms with van der Waals surface area (Å²) in [6.07, 6.45) is 0. The molecule has 0 spiro atoms. The van der Waals surface area contributed by atoms with Gasteiger partial charge in [-0.1, -0.05) is 111 Å². The lowest BCUT2D eigenvalue weighted by molar-refractivity contribution is 0.720. The van der Waals surface area contributed by atoms with Crippen molar-refractivity contribution < 1.29 is 0 Å². The highest BCUT2D eigenvalue weighted by Gasteiger charge is 2.49. The maximum absolute atomic E-state index is 2.66. The summed E-state index contributed by atoms with van der Waals surface area (Å²) in [5, 5.41) is 0.952. The Morgan fingerprint density at radius 1 is 0.667 bits per heavy atom. The van der Waals surface area contributed by atoms with E-state index in [0.717, 1.165) is 11.3 Å². The SMILES string of the molecule is CC(C)P(C(C)C)P(P(C(C)(C)C)C(C)(C)C)[Si](C)(C)C. The average molecular weight is 367 g/mol. The van der Waals surface area contributed by atoms with Gasteiger partial charge in [0.2, 0.25) is 0 Å². The monoisotopic (exact) mass is 366 g/mol. The van der Waals surface area contributed by atoms with E-state index >= 15 is 0 Å². The van der Waals surface area contributed by atoms with Crippen molar-refractivity contribution in [3.63, 3.8) is 0 Å². The van der Waals surface area contributed by atoms with Gasteiger partial charge in [0.15, 0.2) is 0 Å². The van der Waals surface area contributed by atoms with Gasteiger partial charge in [-0.05, 0) is 21.6 Å². The Balaban J connectivity index is 6.12. The van der Waals surface area contributed by atoms with Crippen molar-refractivity contribution in [3.05, 3.63) is 0 Å². The van der Waals surface area contributed by atoms with Gasteiger partial charge in [0.25, 0.3) is 0 Å². The van der Waals surface area contributed by atoms with Gasteiger partial charge >= 0.3 is 0 Å². The van der Waals surface area contributed by atoms with Crippen LogP contribution in [-0.2, 0) is 0 Å². The third-order valence-electron chi connectivity index (χ3n) is 3.34. The van der Waals surface area contributed by atoms with Crippen molar-refractivity contribution in [1.29, 1.82) is 0 Å². The summed E-state index contributed by atoms with van der Waals surface area (Å²) in [6, 6.07) is 0. The second-order valence-electron chi connectivity index (χ2n) is 9.68. The van der Waals surface area contributed by atoms with Crippen LogP contribution in [0.3, 0.4) is 0 Å². The fourth-order valence-electron chi connectivity index (χ4n) is 3.36. The van der Waals surface area contributed by atoms with E-state index in [-0.39, 0.29) is 22.1 Å². The van der Waals surface area contributed by atoms with Crippen LogP contribution in [0, 0.1) is 0 Å². The zero-order chi connectivity index (χ0) is 17.4. The molecular formula is C17H41P3Si. The van der Waals surface area contributed by atoms with E-state index in [9.17, 15) is 0 Å². The first kappa shape index (κ1) is 22.5. The lowest BCUT2D eigenvalue weighted by atomic mass is 10.2. The second-order valence-corrected chi connectivity index (χ2v) is 34.3. The third kappa shape index (κ3) is 6.49. The number of hydrogen-bond donors (Lipinski definition) is 0. The molecule has 4 heteroatoms. The van der Waals surface area contributed by atoms with E-state index in [4.69, 9.17) is 0 Å². The fraction of sp³-hybridized carbons (Fsp3) is 1.00. The first-order chi connectivity index (χ1) is 9.01. The minimum atomic E-state index is -1.14. The van der Waals surface area contributed by atoms with Gasteiger partial charge in [-0.15, -0.1) is 0 Å². The summed E-state index contributed by atoms with van der Waals surface area (Å²) >= 11 is 0. The minimum Gasteiger partial charge on any atom is -0.0754 e. The van der Waals surface area contributed by atoms with Crippen LogP contribution in [0.25, 0.3) is 0 Å². The topological polar surface area (TPSA) is 0 Å². The highest BCUT2D eigenvalue weighted by atomic mass is 32.6.